The average Bonchev–Trinajstić information content (AvgIpc) is 2.79. The van der Waals surface area contributed by atoms with Gasteiger partial charge in [-0.1, -0.05) is 88.2 Å². The van der Waals surface area contributed by atoms with Gasteiger partial charge < -0.3 is 10.1 Å². The number of aryl methyl sites for hydroxylation is 1. The molecule has 31 heavy (non-hydrogen) atoms. The molecule has 0 saturated heterocycles. The van der Waals surface area contributed by atoms with E-state index in [1.807, 2.05) is 24.3 Å². The number of nitrogens with zero attached hydrogens (tertiary/aromatic N) is 1. The molecule has 2 amide bonds. The van der Waals surface area contributed by atoms with Crippen molar-refractivity contribution in [1.82, 2.24) is 4.31 Å². The Morgan fingerprint density at radius 3 is 2.45 bits per heavy atom. The Bertz CT molecular complexity index is 739. The van der Waals surface area contributed by atoms with E-state index < -0.39 is 0 Å². The van der Waals surface area contributed by atoms with E-state index in [1.54, 1.807) is 0 Å². The lowest BCUT2D eigenvalue weighted by Crippen LogP contribution is -2.27. The van der Waals surface area contributed by atoms with Crippen LogP contribution < -0.4 is 10.1 Å². The molecule has 2 rings (SSSR count). The molecule has 0 heterocycles. The van der Waals surface area contributed by atoms with Crippen molar-refractivity contribution in [2.24, 2.45) is 0 Å². The number of carbonyl (C=O) groups excluding carboxylic acids is 1. The van der Waals surface area contributed by atoms with E-state index in [0.717, 1.165) is 43.5 Å². The summed E-state index contributed by atoms with van der Waals surface area (Å²) in [6, 6.07) is 18.0. The van der Waals surface area contributed by atoms with Gasteiger partial charge in [0.15, 0.2) is 0 Å². The van der Waals surface area contributed by atoms with Gasteiger partial charge in [-0.15, -0.1) is 0 Å². The van der Waals surface area contributed by atoms with E-state index in [9.17, 15) is 4.79 Å². The third-order valence-corrected chi connectivity index (χ3v) is 5.65. The van der Waals surface area contributed by atoms with Crippen LogP contribution in [-0.4, -0.2) is 23.5 Å². The summed E-state index contributed by atoms with van der Waals surface area (Å²) in [5.74, 6) is 0.780. The summed E-state index contributed by atoms with van der Waals surface area (Å²) in [7, 11) is 0. The number of benzene rings is 2. The van der Waals surface area contributed by atoms with Crippen LogP contribution in [-0.2, 0) is 6.42 Å². The fourth-order valence-corrected chi connectivity index (χ4v) is 3.63. The zero-order valence-electron chi connectivity index (χ0n) is 18.9. The maximum atomic E-state index is 12.3. The molecule has 0 fully saturated rings. The van der Waals surface area contributed by atoms with E-state index >= 15 is 0 Å². The summed E-state index contributed by atoms with van der Waals surface area (Å²) in [6.45, 7) is 3.55. The van der Waals surface area contributed by atoms with Gasteiger partial charge in [-0.05, 0) is 49.8 Å². The van der Waals surface area contributed by atoms with Gasteiger partial charge in [-0.2, -0.15) is 0 Å². The number of nitrogens with one attached hydrogen (secondary N) is 1. The molecule has 0 atom stereocenters. The van der Waals surface area contributed by atoms with E-state index in [-0.39, 0.29) is 6.03 Å². The molecule has 4 nitrogen and oxygen atoms in total. The van der Waals surface area contributed by atoms with Crippen molar-refractivity contribution in [3.05, 3.63) is 60.2 Å². The zero-order chi connectivity index (χ0) is 22.2. The molecular formula is C26H38N2O2S. The molecule has 0 radical (unpaired) electrons. The van der Waals surface area contributed by atoms with Crippen LogP contribution in [0, 0.1) is 0 Å². The molecule has 170 valence electrons. The molecule has 5 heteroatoms. The van der Waals surface area contributed by atoms with Crippen molar-refractivity contribution in [2.45, 2.75) is 71.1 Å². The molecule has 0 aliphatic heterocycles. The first-order valence-electron chi connectivity index (χ1n) is 11.7. The van der Waals surface area contributed by atoms with Crippen LogP contribution >= 0.6 is 12.8 Å². The standard InChI is InChI=1S/C26H38N2O2S/c1-2-3-4-5-6-12-20-28(31)26(29)27-24-18-14-19-25(22-24)30-21-13-8-11-17-23-15-9-7-10-16-23/h7,9-10,14-16,18-19,22,31H,2-6,8,11-13,17,20-21H2,1H3,(H,27,29). The fourth-order valence-electron chi connectivity index (χ4n) is 3.44. The normalized spacial score (nSPS) is 10.6. The number of thiol groups is 1. The number of hydrogen-bond acceptors (Lipinski definition) is 3. The second-order valence-corrected chi connectivity index (χ2v) is 8.48. The monoisotopic (exact) mass is 442 g/mol. The van der Waals surface area contributed by atoms with Crippen molar-refractivity contribution in [3.63, 3.8) is 0 Å². The Morgan fingerprint density at radius 1 is 0.903 bits per heavy atom. The quantitative estimate of drug-likeness (QED) is 0.221. The number of urea groups is 1. The van der Waals surface area contributed by atoms with Gasteiger partial charge >= 0.3 is 6.03 Å². The zero-order valence-corrected chi connectivity index (χ0v) is 19.8. The number of anilines is 1. The Labute approximate surface area is 193 Å². The minimum atomic E-state index is -0.199. The molecule has 0 unspecified atom stereocenters. The first kappa shape index (κ1) is 25.1. The van der Waals surface area contributed by atoms with Crippen molar-refractivity contribution < 1.29 is 9.53 Å². The van der Waals surface area contributed by atoms with Gasteiger partial charge in [0.05, 0.1) is 6.61 Å². The van der Waals surface area contributed by atoms with E-state index in [0.29, 0.717) is 13.2 Å². The maximum absolute atomic E-state index is 12.3. The van der Waals surface area contributed by atoms with Crippen molar-refractivity contribution in [1.29, 1.82) is 0 Å². The Hall–Kier alpha value is -2.14. The summed E-state index contributed by atoms with van der Waals surface area (Å²) in [6.07, 6.45) is 11.6. The molecule has 0 aromatic heterocycles. The summed E-state index contributed by atoms with van der Waals surface area (Å²) in [5.41, 5.74) is 2.12. The minimum Gasteiger partial charge on any atom is -0.494 e. The van der Waals surface area contributed by atoms with Crippen molar-refractivity contribution in [2.75, 3.05) is 18.5 Å². The molecule has 0 aliphatic carbocycles. The van der Waals surface area contributed by atoms with Gasteiger partial charge in [0.25, 0.3) is 0 Å². The topological polar surface area (TPSA) is 41.6 Å². The highest BCUT2D eigenvalue weighted by Crippen LogP contribution is 2.19. The summed E-state index contributed by atoms with van der Waals surface area (Å²) in [4.78, 5) is 12.3. The number of unbranched alkanes of at least 4 members (excludes halogenated alkanes) is 7. The Kier molecular flexibility index (Phi) is 12.7. The third-order valence-electron chi connectivity index (χ3n) is 5.26. The minimum absolute atomic E-state index is 0.199. The molecule has 1 N–H and O–H groups in total. The second kappa shape index (κ2) is 15.6. The van der Waals surface area contributed by atoms with Crippen LogP contribution in [0.15, 0.2) is 54.6 Å². The van der Waals surface area contributed by atoms with Crippen molar-refractivity contribution >= 4 is 24.5 Å². The SMILES string of the molecule is CCCCCCCCN(S)C(=O)Nc1cccc(OCCCCCc2ccccc2)c1. The predicted molar refractivity (Wildman–Crippen MR) is 134 cm³/mol. The number of amides is 2. The summed E-state index contributed by atoms with van der Waals surface area (Å²) < 4.78 is 7.33. The average molecular weight is 443 g/mol. The van der Waals surface area contributed by atoms with Crippen LogP contribution in [0.25, 0.3) is 0 Å². The van der Waals surface area contributed by atoms with Gasteiger partial charge in [0.2, 0.25) is 0 Å². The van der Waals surface area contributed by atoms with Crippen LogP contribution in [0.1, 0.15) is 70.3 Å². The van der Waals surface area contributed by atoms with Crippen LogP contribution in [0.3, 0.4) is 0 Å². The number of ether oxygens (including phenoxy) is 1. The highest BCUT2D eigenvalue weighted by atomic mass is 32.1. The van der Waals surface area contributed by atoms with Gasteiger partial charge in [0, 0.05) is 18.3 Å². The first-order valence-corrected chi connectivity index (χ1v) is 12.1. The van der Waals surface area contributed by atoms with E-state index in [4.69, 9.17) is 4.74 Å². The van der Waals surface area contributed by atoms with Gasteiger partial charge in [-0.3, -0.25) is 4.31 Å². The van der Waals surface area contributed by atoms with Crippen LogP contribution in [0.2, 0.25) is 0 Å². The van der Waals surface area contributed by atoms with Crippen molar-refractivity contribution in [3.8, 4) is 5.75 Å². The highest BCUT2D eigenvalue weighted by Gasteiger charge is 2.10. The van der Waals surface area contributed by atoms with Gasteiger partial charge in [-0.25, -0.2) is 4.79 Å². The molecular weight excluding hydrogens is 404 g/mol. The van der Waals surface area contributed by atoms with E-state index in [1.165, 1.54) is 42.0 Å². The number of carbonyl (C=O) groups is 1. The second-order valence-electron chi connectivity index (χ2n) is 7.99. The molecule has 0 aliphatic rings. The van der Waals surface area contributed by atoms with Gasteiger partial charge in [0.1, 0.15) is 5.75 Å². The molecule has 2 aromatic rings. The van der Waals surface area contributed by atoms with Crippen LogP contribution in [0.5, 0.6) is 5.75 Å². The fraction of sp³-hybridized carbons (Fsp3) is 0.500. The van der Waals surface area contributed by atoms with E-state index in [2.05, 4.69) is 55.4 Å². The number of rotatable bonds is 15. The predicted octanol–water partition coefficient (Wildman–Crippen LogP) is 7.52. The van der Waals surface area contributed by atoms with Crippen LogP contribution in [0.4, 0.5) is 10.5 Å². The molecule has 0 spiro atoms. The molecule has 0 bridgehead atoms. The highest BCUT2D eigenvalue weighted by molar-refractivity contribution is 7.78. The first-order chi connectivity index (χ1) is 15.2. The lowest BCUT2D eigenvalue weighted by molar-refractivity contribution is 0.238. The summed E-state index contributed by atoms with van der Waals surface area (Å²) in [5, 5.41) is 2.90. The number of hydrogen-bond donors (Lipinski definition) is 2. The smallest absolute Gasteiger partial charge is 0.331 e. The molecule has 0 saturated carbocycles. The Morgan fingerprint density at radius 2 is 1.65 bits per heavy atom. The Balaban J connectivity index is 1.61. The third kappa shape index (κ3) is 11.2. The largest absolute Gasteiger partial charge is 0.494 e. The lowest BCUT2D eigenvalue weighted by Gasteiger charge is -2.17. The summed E-state index contributed by atoms with van der Waals surface area (Å²) >= 11 is 4.33. The molecule has 2 aromatic carbocycles. The maximum Gasteiger partial charge on any atom is 0.331 e. The lowest BCUT2D eigenvalue weighted by atomic mass is 10.1.